The largest absolute Gasteiger partial charge is 0.430 e. The second kappa shape index (κ2) is 8.67. The highest BCUT2D eigenvalue weighted by atomic mass is 35.5. The summed E-state index contributed by atoms with van der Waals surface area (Å²) in [4.78, 5) is 48.3. The van der Waals surface area contributed by atoms with Gasteiger partial charge >= 0.3 is 5.97 Å². The predicted octanol–water partition coefficient (Wildman–Crippen LogP) is 3.82. The summed E-state index contributed by atoms with van der Waals surface area (Å²) in [6, 6.07) is 13.2. The number of halogens is 1. The fourth-order valence-electron chi connectivity index (χ4n) is 2.70. The molecule has 146 valence electrons. The lowest BCUT2D eigenvalue weighted by atomic mass is 9.96. The summed E-state index contributed by atoms with van der Waals surface area (Å²) in [5.41, 5.74) is 1.57. The number of nitrogens with one attached hydrogen (secondary N) is 1. The molecule has 0 bridgehead atoms. The molecule has 0 spiro atoms. The molecule has 0 radical (unpaired) electrons. The summed E-state index contributed by atoms with van der Waals surface area (Å²) in [5, 5.41) is 3.28. The Morgan fingerprint density at radius 3 is 2.52 bits per heavy atom. The van der Waals surface area contributed by atoms with Gasteiger partial charge in [0, 0.05) is 22.3 Å². The third kappa shape index (κ3) is 5.06. The Morgan fingerprint density at radius 2 is 1.83 bits per heavy atom. The minimum atomic E-state index is -1.48. The van der Waals surface area contributed by atoms with Gasteiger partial charge in [0.1, 0.15) is 5.76 Å². The van der Waals surface area contributed by atoms with Gasteiger partial charge in [-0.2, -0.15) is 0 Å². The van der Waals surface area contributed by atoms with Crippen molar-refractivity contribution >= 4 is 46.8 Å². The van der Waals surface area contributed by atoms with Gasteiger partial charge in [0.05, 0.1) is 0 Å². The van der Waals surface area contributed by atoms with Gasteiger partial charge in [0.25, 0.3) is 5.91 Å². The Labute approximate surface area is 171 Å². The maximum Gasteiger partial charge on any atom is 0.329 e. The number of hydrogen-bond donors (Lipinski definition) is 1. The van der Waals surface area contributed by atoms with Crippen molar-refractivity contribution in [3.05, 3.63) is 82.6 Å². The van der Waals surface area contributed by atoms with E-state index in [1.54, 1.807) is 48.5 Å². The Morgan fingerprint density at radius 1 is 1.10 bits per heavy atom. The van der Waals surface area contributed by atoms with Crippen molar-refractivity contribution < 1.29 is 23.9 Å². The van der Waals surface area contributed by atoms with Crippen molar-refractivity contribution in [1.82, 2.24) is 0 Å². The van der Waals surface area contributed by atoms with E-state index in [2.05, 4.69) is 5.32 Å². The van der Waals surface area contributed by atoms with Gasteiger partial charge in [-0.25, -0.2) is 0 Å². The van der Waals surface area contributed by atoms with Crippen LogP contribution >= 0.6 is 11.6 Å². The maximum atomic E-state index is 12.3. The van der Waals surface area contributed by atoms with Crippen LogP contribution in [-0.4, -0.2) is 23.4 Å². The van der Waals surface area contributed by atoms with E-state index in [1.165, 1.54) is 13.0 Å². The van der Waals surface area contributed by atoms with Crippen molar-refractivity contribution in [2.75, 3.05) is 5.32 Å². The van der Waals surface area contributed by atoms with Crippen molar-refractivity contribution in [1.29, 1.82) is 0 Å². The monoisotopic (exact) mass is 409 g/mol. The van der Waals surface area contributed by atoms with E-state index in [-0.39, 0.29) is 11.7 Å². The zero-order valence-electron chi connectivity index (χ0n) is 15.3. The van der Waals surface area contributed by atoms with Gasteiger partial charge in [-0.15, -0.1) is 0 Å². The van der Waals surface area contributed by atoms with Crippen LogP contribution in [0.3, 0.4) is 0 Å². The van der Waals surface area contributed by atoms with Crippen molar-refractivity contribution in [3.8, 4) is 0 Å². The van der Waals surface area contributed by atoms with Crippen molar-refractivity contribution in [3.63, 3.8) is 0 Å². The Bertz CT molecular complexity index is 1050. The van der Waals surface area contributed by atoms with Gasteiger partial charge in [-0.3, -0.25) is 19.2 Å². The van der Waals surface area contributed by atoms with Crippen molar-refractivity contribution in [2.45, 2.75) is 6.92 Å². The minimum absolute atomic E-state index is 0.164. The van der Waals surface area contributed by atoms with Crippen LogP contribution in [0.4, 0.5) is 5.69 Å². The lowest BCUT2D eigenvalue weighted by Gasteiger charge is -2.15. The van der Waals surface area contributed by atoms with Gasteiger partial charge in [0.15, 0.2) is 17.5 Å². The first-order chi connectivity index (χ1) is 13.8. The number of anilines is 1. The highest BCUT2D eigenvalue weighted by molar-refractivity contribution is 6.30. The minimum Gasteiger partial charge on any atom is -0.430 e. The lowest BCUT2D eigenvalue weighted by molar-refractivity contribution is -0.151. The molecule has 1 aliphatic heterocycles. The quantitative estimate of drug-likeness (QED) is 0.460. The SMILES string of the molecule is CC1=CC(=O)C(C(=O)C=Cc2cccc(NC(=O)c3ccc(Cl)cc3)c2)C(=O)O1. The highest BCUT2D eigenvalue weighted by Gasteiger charge is 2.36. The molecular weight excluding hydrogens is 394 g/mol. The molecule has 1 heterocycles. The predicted molar refractivity (Wildman–Crippen MR) is 108 cm³/mol. The smallest absolute Gasteiger partial charge is 0.329 e. The molecule has 1 amide bonds. The zero-order chi connectivity index (χ0) is 21.0. The summed E-state index contributed by atoms with van der Waals surface area (Å²) in [6.07, 6.45) is 3.75. The number of esters is 1. The van der Waals surface area contributed by atoms with E-state index in [1.807, 2.05) is 0 Å². The molecule has 0 aliphatic carbocycles. The normalized spacial score (nSPS) is 16.3. The van der Waals surface area contributed by atoms with Gasteiger partial charge < -0.3 is 10.1 Å². The highest BCUT2D eigenvalue weighted by Crippen LogP contribution is 2.18. The number of amides is 1. The molecule has 2 aromatic carbocycles. The number of carbonyl (C=O) groups is 4. The van der Waals surface area contributed by atoms with Crippen LogP contribution in [0.15, 0.2) is 66.4 Å². The summed E-state index contributed by atoms with van der Waals surface area (Å²) in [6.45, 7) is 1.47. The van der Waals surface area contributed by atoms with Gasteiger partial charge in [0.2, 0.25) is 0 Å². The van der Waals surface area contributed by atoms with E-state index < -0.39 is 23.5 Å². The maximum absolute atomic E-state index is 12.3. The summed E-state index contributed by atoms with van der Waals surface area (Å²) in [7, 11) is 0. The molecule has 1 unspecified atom stereocenters. The average Bonchev–Trinajstić information content (AvgIpc) is 2.66. The Kier molecular flexibility index (Phi) is 6.04. The molecule has 1 N–H and O–H groups in total. The topological polar surface area (TPSA) is 89.5 Å². The molecule has 1 atom stereocenters. The first-order valence-corrected chi connectivity index (χ1v) is 9.04. The standard InChI is InChI=1S/C22H16ClNO5/c1-13-11-19(26)20(22(28)29-13)18(25)10-5-14-3-2-4-17(12-14)24-21(27)15-6-8-16(23)9-7-15/h2-12,20H,1H3,(H,24,27). The van der Waals surface area contributed by atoms with Crippen LogP contribution in [0.1, 0.15) is 22.8 Å². The third-order valence-electron chi connectivity index (χ3n) is 4.10. The second-order valence-electron chi connectivity index (χ2n) is 6.33. The molecular formula is C22H16ClNO5. The molecule has 3 rings (SSSR count). The number of cyclic esters (lactones) is 1. The average molecular weight is 410 g/mol. The second-order valence-corrected chi connectivity index (χ2v) is 6.77. The van der Waals surface area contributed by atoms with E-state index in [4.69, 9.17) is 16.3 Å². The van der Waals surface area contributed by atoms with Crippen molar-refractivity contribution in [2.24, 2.45) is 5.92 Å². The number of carbonyl (C=O) groups excluding carboxylic acids is 4. The number of hydrogen-bond acceptors (Lipinski definition) is 5. The lowest BCUT2D eigenvalue weighted by Crippen LogP contribution is -2.34. The summed E-state index contributed by atoms with van der Waals surface area (Å²) in [5.74, 6) is -3.78. The summed E-state index contributed by atoms with van der Waals surface area (Å²) < 4.78 is 4.85. The van der Waals surface area contributed by atoms with E-state index in [0.29, 0.717) is 21.8 Å². The molecule has 1 aliphatic rings. The number of allylic oxidation sites excluding steroid dienone is 3. The molecule has 7 heteroatoms. The Balaban J connectivity index is 1.70. The van der Waals surface area contributed by atoms with E-state index in [9.17, 15) is 19.2 Å². The first kappa shape index (κ1) is 20.2. The zero-order valence-corrected chi connectivity index (χ0v) is 16.1. The van der Waals surface area contributed by atoms with Gasteiger partial charge in [-0.05, 0) is 55.0 Å². The molecule has 2 aromatic rings. The molecule has 0 saturated heterocycles. The number of rotatable bonds is 5. The summed E-state index contributed by atoms with van der Waals surface area (Å²) >= 11 is 5.82. The van der Waals surface area contributed by atoms with E-state index >= 15 is 0 Å². The fourth-order valence-corrected chi connectivity index (χ4v) is 2.83. The molecule has 29 heavy (non-hydrogen) atoms. The van der Waals surface area contributed by atoms with Crippen LogP contribution < -0.4 is 5.32 Å². The van der Waals surface area contributed by atoms with Crippen LogP contribution in [0.5, 0.6) is 0 Å². The third-order valence-corrected chi connectivity index (χ3v) is 4.35. The fraction of sp³-hybridized carbons (Fsp3) is 0.0909. The molecule has 0 saturated carbocycles. The number of ether oxygens (including phenoxy) is 1. The number of ketones is 2. The first-order valence-electron chi connectivity index (χ1n) is 8.66. The van der Waals surface area contributed by atoms with Gasteiger partial charge in [-0.1, -0.05) is 29.8 Å². The number of benzene rings is 2. The molecule has 0 fully saturated rings. The molecule has 0 aromatic heterocycles. The molecule has 6 nitrogen and oxygen atoms in total. The van der Waals surface area contributed by atoms with Crippen LogP contribution in [0.25, 0.3) is 6.08 Å². The van der Waals surface area contributed by atoms with Crippen LogP contribution in [0, 0.1) is 5.92 Å². The Hall–Kier alpha value is -3.51. The van der Waals surface area contributed by atoms with E-state index in [0.717, 1.165) is 12.2 Å². The van der Waals surface area contributed by atoms with Crippen LogP contribution in [0.2, 0.25) is 5.02 Å². The van der Waals surface area contributed by atoms with Crippen LogP contribution in [-0.2, 0) is 19.1 Å².